The summed E-state index contributed by atoms with van der Waals surface area (Å²) in [4.78, 5) is 0. The van der Waals surface area contributed by atoms with E-state index in [4.69, 9.17) is 0 Å². The highest BCUT2D eigenvalue weighted by Gasteiger charge is 2.83. The summed E-state index contributed by atoms with van der Waals surface area (Å²) in [6.07, 6.45) is 21.4. The lowest BCUT2D eigenvalue weighted by Crippen LogP contribution is -2.23. The maximum atomic E-state index is 3.53. The van der Waals surface area contributed by atoms with Crippen molar-refractivity contribution in [2.24, 2.45) is 22.7 Å². The number of para-hydroxylation sites is 1. The number of fused-ring (bicyclic) bond motifs is 6. The minimum absolute atomic E-state index is 0.511. The largest absolute Gasteiger partial charge is 0.384 e. The van der Waals surface area contributed by atoms with Crippen LogP contribution in [0.4, 0.5) is 5.69 Å². The molecule has 1 nitrogen and oxygen atoms in total. The smallest absolute Gasteiger partial charge is 0.0379 e. The average Bonchev–Trinajstić information content (AvgIpc) is 3.17. The second kappa shape index (κ2) is 6.01. The van der Waals surface area contributed by atoms with E-state index in [1.165, 1.54) is 56.2 Å². The van der Waals surface area contributed by atoms with E-state index in [0.29, 0.717) is 5.41 Å². The standard InChI is InChI=1S/C14H22.C12H15N/c1-2-6-11-12(7-3-1)14(11)10-13(14)8-4-5-9-13;1-2-6-11-10(5-1)12(9-13-11)7-3-4-8-12/h11-12H,1-10H2;1-2,5-6,13H,3-4,7-9H2. The van der Waals surface area contributed by atoms with Crippen LogP contribution in [0.1, 0.15) is 95.5 Å². The van der Waals surface area contributed by atoms with Crippen LogP contribution in [0.3, 0.4) is 0 Å². The van der Waals surface area contributed by atoms with Gasteiger partial charge in [0, 0.05) is 17.6 Å². The number of hydrogen-bond donors (Lipinski definition) is 1. The summed E-state index contributed by atoms with van der Waals surface area (Å²) in [5, 5.41) is 3.53. The molecule has 6 aliphatic rings. The molecule has 7 rings (SSSR count). The monoisotopic (exact) mass is 363 g/mol. The van der Waals surface area contributed by atoms with Gasteiger partial charge in [-0.3, -0.25) is 0 Å². The molecule has 2 atom stereocenters. The molecular weight excluding hydrogens is 326 g/mol. The number of anilines is 1. The van der Waals surface area contributed by atoms with Gasteiger partial charge in [-0.05, 0) is 79.2 Å². The third-order valence-corrected chi connectivity index (χ3v) is 9.96. The van der Waals surface area contributed by atoms with Gasteiger partial charge >= 0.3 is 0 Å². The summed E-state index contributed by atoms with van der Waals surface area (Å²) >= 11 is 0. The summed E-state index contributed by atoms with van der Waals surface area (Å²) in [7, 11) is 0. The molecule has 146 valence electrons. The Bertz CT molecular complexity index is 695. The summed E-state index contributed by atoms with van der Waals surface area (Å²) in [5.41, 5.74) is 5.36. The Labute approximate surface area is 165 Å². The Hall–Kier alpha value is -0.980. The molecule has 0 bridgehead atoms. The number of hydrogen-bond acceptors (Lipinski definition) is 1. The van der Waals surface area contributed by atoms with Crippen molar-refractivity contribution in [3.63, 3.8) is 0 Å². The van der Waals surface area contributed by atoms with Crippen LogP contribution in [0.5, 0.6) is 0 Å². The molecule has 0 saturated heterocycles. The van der Waals surface area contributed by atoms with E-state index >= 15 is 0 Å². The fraction of sp³-hybridized carbons (Fsp3) is 0.769. The Kier molecular flexibility index (Phi) is 3.77. The second-order valence-corrected chi connectivity index (χ2v) is 10.9. The van der Waals surface area contributed by atoms with Gasteiger partial charge in [-0.1, -0.05) is 63.1 Å². The predicted octanol–water partition coefficient (Wildman–Crippen LogP) is 7.07. The highest BCUT2D eigenvalue weighted by Crippen LogP contribution is 2.90. The fourth-order valence-electron chi connectivity index (χ4n) is 8.64. The Balaban J connectivity index is 0.000000109. The van der Waals surface area contributed by atoms with Crippen LogP contribution < -0.4 is 5.32 Å². The molecule has 1 aromatic carbocycles. The first-order valence-electron chi connectivity index (χ1n) is 12.1. The van der Waals surface area contributed by atoms with Crippen molar-refractivity contribution in [1.82, 2.24) is 0 Å². The Morgan fingerprint density at radius 3 is 2.15 bits per heavy atom. The first kappa shape index (κ1) is 16.9. The molecule has 1 aliphatic heterocycles. The first-order valence-corrected chi connectivity index (χ1v) is 12.1. The van der Waals surface area contributed by atoms with Crippen LogP contribution >= 0.6 is 0 Å². The van der Waals surface area contributed by atoms with Gasteiger partial charge in [-0.25, -0.2) is 0 Å². The van der Waals surface area contributed by atoms with Crippen molar-refractivity contribution in [2.75, 3.05) is 11.9 Å². The maximum Gasteiger partial charge on any atom is 0.0379 e. The van der Waals surface area contributed by atoms with Crippen LogP contribution in [-0.2, 0) is 5.41 Å². The van der Waals surface area contributed by atoms with Crippen molar-refractivity contribution in [3.05, 3.63) is 29.8 Å². The summed E-state index contributed by atoms with van der Waals surface area (Å²) in [6.45, 7) is 1.17. The van der Waals surface area contributed by atoms with E-state index in [-0.39, 0.29) is 0 Å². The van der Waals surface area contributed by atoms with Gasteiger partial charge in [0.15, 0.2) is 0 Å². The van der Waals surface area contributed by atoms with E-state index in [1.54, 1.807) is 63.4 Å². The molecule has 1 heteroatoms. The molecule has 0 radical (unpaired) electrons. The van der Waals surface area contributed by atoms with Crippen molar-refractivity contribution in [1.29, 1.82) is 0 Å². The quantitative estimate of drug-likeness (QED) is 0.519. The zero-order valence-electron chi connectivity index (χ0n) is 17.1. The molecule has 27 heavy (non-hydrogen) atoms. The molecule has 5 saturated carbocycles. The van der Waals surface area contributed by atoms with E-state index in [1.807, 2.05) is 0 Å². The molecule has 0 aromatic heterocycles. The highest BCUT2D eigenvalue weighted by atomic mass is 14.9. The van der Waals surface area contributed by atoms with Gasteiger partial charge in [-0.15, -0.1) is 0 Å². The lowest BCUT2D eigenvalue weighted by atomic mass is 9.81. The fourth-order valence-corrected chi connectivity index (χ4v) is 8.64. The molecule has 3 spiro atoms. The van der Waals surface area contributed by atoms with Gasteiger partial charge in [-0.2, -0.15) is 0 Å². The van der Waals surface area contributed by atoms with Crippen LogP contribution in [0.15, 0.2) is 24.3 Å². The van der Waals surface area contributed by atoms with Crippen molar-refractivity contribution in [2.45, 2.75) is 95.3 Å². The van der Waals surface area contributed by atoms with Gasteiger partial charge in [0.1, 0.15) is 0 Å². The van der Waals surface area contributed by atoms with Gasteiger partial charge < -0.3 is 5.32 Å². The van der Waals surface area contributed by atoms with Crippen LogP contribution in [0, 0.1) is 22.7 Å². The van der Waals surface area contributed by atoms with Gasteiger partial charge in [0.05, 0.1) is 0 Å². The predicted molar refractivity (Wildman–Crippen MR) is 113 cm³/mol. The minimum Gasteiger partial charge on any atom is -0.384 e. The SMILES string of the molecule is C1CCC2C(CC1)C21CC12CCCC2.c1ccc2c(c1)NCC21CCCC1. The average molecular weight is 364 g/mol. The van der Waals surface area contributed by atoms with E-state index in [0.717, 1.165) is 10.8 Å². The molecule has 1 aromatic rings. The van der Waals surface area contributed by atoms with Crippen LogP contribution in [-0.4, -0.2) is 6.54 Å². The molecular formula is C26H37N. The van der Waals surface area contributed by atoms with Crippen molar-refractivity contribution < 1.29 is 0 Å². The maximum absolute atomic E-state index is 3.53. The van der Waals surface area contributed by atoms with Crippen LogP contribution in [0.25, 0.3) is 0 Å². The lowest BCUT2D eigenvalue weighted by molar-refractivity contribution is 0.407. The summed E-state index contributed by atoms with van der Waals surface area (Å²) < 4.78 is 0. The third kappa shape index (κ3) is 2.36. The molecule has 5 aliphatic carbocycles. The van der Waals surface area contributed by atoms with Gasteiger partial charge in [0.2, 0.25) is 0 Å². The number of rotatable bonds is 0. The molecule has 5 fully saturated rings. The molecule has 2 unspecified atom stereocenters. The summed E-state index contributed by atoms with van der Waals surface area (Å²) in [6, 6.07) is 8.81. The van der Waals surface area contributed by atoms with Crippen molar-refractivity contribution in [3.8, 4) is 0 Å². The molecule has 0 amide bonds. The second-order valence-electron chi connectivity index (χ2n) is 10.9. The Morgan fingerprint density at radius 1 is 0.741 bits per heavy atom. The van der Waals surface area contributed by atoms with E-state index in [9.17, 15) is 0 Å². The zero-order chi connectivity index (χ0) is 18.0. The highest BCUT2D eigenvalue weighted by molar-refractivity contribution is 5.60. The number of benzene rings is 1. The van der Waals surface area contributed by atoms with Gasteiger partial charge in [0.25, 0.3) is 0 Å². The topological polar surface area (TPSA) is 12.0 Å². The minimum atomic E-state index is 0.511. The third-order valence-electron chi connectivity index (χ3n) is 9.96. The zero-order valence-corrected chi connectivity index (χ0v) is 17.1. The lowest BCUT2D eigenvalue weighted by Gasteiger charge is -2.22. The van der Waals surface area contributed by atoms with E-state index in [2.05, 4.69) is 29.6 Å². The number of nitrogens with one attached hydrogen (secondary N) is 1. The normalized spacial score (nSPS) is 38.7. The molecule has 1 N–H and O–H groups in total. The van der Waals surface area contributed by atoms with E-state index < -0.39 is 0 Å². The Morgan fingerprint density at radius 2 is 1.41 bits per heavy atom. The first-order chi connectivity index (χ1) is 13.3. The van der Waals surface area contributed by atoms with Crippen molar-refractivity contribution >= 4 is 5.69 Å². The van der Waals surface area contributed by atoms with Crippen LogP contribution in [0.2, 0.25) is 0 Å². The molecule has 1 heterocycles. The summed E-state index contributed by atoms with van der Waals surface area (Å²) in [5.74, 6) is 2.42.